The van der Waals surface area contributed by atoms with Crippen molar-refractivity contribution >= 4 is 107 Å². The Kier molecular flexibility index (Phi) is 51.6. The number of nitrogens with zero attached hydrogens (tertiary/aromatic N) is 14. The van der Waals surface area contributed by atoms with Gasteiger partial charge in [-0.25, -0.2) is 53.3 Å². The van der Waals surface area contributed by atoms with Crippen LogP contribution in [0, 0.1) is 0 Å². The number of benzene rings is 3. The number of amidine groups is 2. The van der Waals surface area contributed by atoms with Crippen LogP contribution in [0.4, 0.5) is 0 Å². The molecule has 9 heterocycles. The van der Waals surface area contributed by atoms with Crippen LogP contribution in [0.3, 0.4) is 0 Å². The third-order valence-corrected chi connectivity index (χ3v) is 12.9. The van der Waals surface area contributed by atoms with E-state index < -0.39 is 31.0 Å². The molecular weight excluding hydrogens is 1490 g/mol. The number of para-hydroxylation sites is 2. The van der Waals surface area contributed by atoms with Gasteiger partial charge in [0, 0.05) is 49.8 Å². The Morgan fingerprint density at radius 2 is 1.09 bits per heavy atom. The number of aldehydes is 1. The normalized spacial score (nSPS) is 12.2. The van der Waals surface area contributed by atoms with E-state index in [1.54, 1.807) is 108 Å². The average molecular weight is 1580 g/mol. The van der Waals surface area contributed by atoms with Crippen LogP contribution in [-0.4, -0.2) is 203 Å². The number of nitrogens with two attached hydrogens (primary N) is 1. The molecule has 104 heavy (non-hydrogen) atoms. The van der Waals surface area contributed by atoms with Crippen molar-refractivity contribution in [3.63, 3.8) is 0 Å². The van der Waals surface area contributed by atoms with Crippen molar-refractivity contribution in [3.8, 4) is 23.0 Å². The van der Waals surface area contributed by atoms with Gasteiger partial charge in [0.25, 0.3) is 0 Å². The van der Waals surface area contributed by atoms with Gasteiger partial charge in [-0.15, -0.1) is 10.2 Å². The molecule has 31 nitrogen and oxygen atoms in total. The maximum atomic E-state index is 11.9. The molecule has 35 heteroatoms. The molecule has 0 radical (unpaired) electrons. The Labute approximate surface area is 647 Å². The van der Waals surface area contributed by atoms with E-state index in [4.69, 9.17) is 36.5 Å². The van der Waals surface area contributed by atoms with Gasteiger partial charge < -0.3 is 54.6 Å². The zero-order chi connectivity index (χ0) is 72.7. The van der Waals surface area contributed by atoms with Gasteiger partial charge in [-0.1, -0.05) is 130 Å². The van der Waals surface area contributed by atoms with Crippen molar-refractivity contribution in [2.75, 3.05) is 59.3 Å². The molecule has 4 aliphatic rings. The number of alkyl halides is 1. The zero-order valence-corrected chi connectivity index (χ0v) is 61.3. The van der Waals surface area contributed by atoms with E-state index in [2.05, 4.69) is 81.7 Å². The number of esters is 4. The molecule has 0 amide bonds. The number of rotatable bonds is 16. The molecule has 1 atom stereocenters. The standard InChI is InChI=1S/C15H14N4O2.C13H10N4O2.C10H11N3O2.C8H10N2O2.C6H7BO2.C4H6N2.C4H6O3.C4H8O.C2H5IOS.3CH4.Na.H2O/c1-2-21-15(20)13-10-16-11-18(13)14-8-9-19(17-14)12-6-4-3-5-7-12;18-13(19)11-8-14-9-16(11)12-6-7-17(15-12)10-4-2-1-3-5-10;1-2-15-10(14)8-6-11-7-13(8)9-4-3-5-12-9;1-2-12-8(11)6-10-7-4-3-5-9-7;8-7(9)6-4-2-1-3-5-6;5-4-2-1-3-6-4;1-2-7-4(6)3-5;1-2-4-5-3-1;1-2(3)5-4;;;;;/h3-11H,2H2,1H3;1-9H,(H,18,19);3-4,6-7H,2,5H2,1H3;3-4,6H,2,5H2,1H3;1-5,8-9H;1-2H,3H2,(H2,5,6);3H,2H2,1H3;1-4H2;2,4H,1H3;3*1H4;;1H2/q;;;;;;;;;;;;+1;/p-1/i/hT. The van der Waals surface area contributed by atoms with Crippen molar-refractivity contribution in [1.82, 2.24) is 48.2 Å². The van der Waals surface area contributed by atoms with E-state index in [0.717, 1.165) is 55.2 Å². The molecule has 1 saturated heterocycles. The van der Waals surface area contributed by atoms with Crippen LogP contribution in [-0.2, 0) is 38.1 Å². The summed E-state index contributed by atoms with van der Waals surface area (Å²) in [5.74, 6) is 0.00351. The number of hydrogen-bond donors (Lipinski definition) is 5. The Balaban J connectivity index is 0. The Morgan fingerprint density at radius 3 is 1.44 bits per heavy atom. The Bertz CT molecular complexity index is 3970. The minimum atomic E-state index is -1.34. The fraction of sp³-hybridized carbons (Fsp3) is 0.290. The van der Waals surface area contributed by atoms with E-state index in [1.807, 2.05) is 110 Å². The van der Waals surface area contributed by atoms with Crippen LogP contribution in [0.15, 0.2) is 210 Å². The smallest absolute Gasteiger partial charge is 0.870 e. The molecular formula is C69H90BIN15NaO16S. The monoisotopic (exact) mass is 1580 g/mol. The van der Waals surface area contributed by atoms with Crippen LogP contribution >= 0.6 is 34.6 Å². The molecule has 3 aromatic carbocycles. The molecule has 0 spiro atoms. The predicted octanol–water partition coefficient (Wildman–Crippen LogP) is 5.99. The number of halogens is 1. The summed E-state index contributed by atoms with van der Waals surface area (Å²) in [5, 5.41) is 35.0. The summed E-state index contributed by atoms with van der Waals surface area (Å²) in [6, 6.07) is 31.5. The number of allylic oxidation sites excluding steroid dienone is 1. The number of carbonyl (C=O) groups excluding carboxylic acids is 5. The van der Waals surface area contributed by atoms with Gasteiger partial charge >= 0.3 is 66.5 Å². The second-order valence-electron chi connectivity index (χ2n) is 19.1. The van der Waals surface area contributed by atoms with Crippen LogP contribution in [0.25, 0.3) is 24.4 Å². The van der Waals surface area contributed by atoms with Gasteiger partial charge in [0.05, 0.1) is 79.3 Å². The van der Waals surface area contributed by atoms with E-state index in [1.165, 1.54) is 42.3 Å². The van der Waals surface area contributed by atoms with Crippen LogP contribution in [0.5, 0.6) is 0 Å². The fourth-order valence-electron chi connectivity index (χ4n) is 7.59. The van der Waals surface area contributed by atoms with Gasteiger partial charge in [0.1, 0.15) is 42.7 Å². The minimum Gasteiger partial charge on any atom is -0.870 e. The molecule has 4 aliphatic heterocycles. The number of carboxylic acids is 1. The summed E-state index contributed by atoms with van der Waals surface area (Å²) in [4.78, 5) is 92.0. The summed E-state index contributed by atoms with van der Waals surface area (Å²) in [5.41, 5.74) is 8.42. The first-order chi connectivity index (χ1) is 48.5. The van der Waals surface area contributed by atoms with Crippen molar-refractivity contribution < 1.29 is 107 Å². The molecule has 554 valence electrons. The number of ether oxygens (including phenoxy) is 5. The number of aromatic carboxylic acids is 1. The molecule has 0 bridgehead atoms. The van der Waals surface area contributed by atoms with Crippen LogP contribution in [0.1, 0.15) is 101 Å². The largest absolute Gasteiger partial charge is 1.00 e. The van der Waals surface area contributed by atoms with Gasteiger partial charge in [0.2, 0.25) is 7.72 Å². The number of carboxylic acid groups (broad SMARTS) is 1. The van der Waals surface area contributed by atoms with Crippen molar-refractivity contribution in [3.05, 3.63) is 207 Å². The van der Waals surface area contributed by atoms with E-state index in [0.29, 0.717) is 76.3 Å². The van der Waals surface area contributed by atoms with Gasteiger partial charge in [-0.05, 0) is 95.4 Å². The quantitative estimate of drug-likeness (QED) is 0.00853. The minimum absolute atomic E-state index is 0. The van der Waals surface area contributed by atoms with Crippen LogP contribution < -0.4 is 40.8 Å². The number of aliphatic imine (C=N–C) groups is 4. The first-order valence-electron chi connectivity index (χ1n) is 30.9. The molecule has 7 N–H and O–H groups in total. The summed E-state index contributed by atoms with van der Waals surface area (Å²) in [6.07, 6.45) is 27.4. The Hall–Kier alpha value is -9.63. The van der Waals surface area contributed by atoms with Crippen molar-refractivity contribution in [1.29, 1.82) is 1.43 Å². The molecule has 1 fully saturated rings. The summed E-state index contributed by atoms with van der Waals surface area (Å²) in [6.45, 7) is 14.3. The topological polar surface area (TPSA) is 424 Å². The van der Waals surface area contributed by atoms with Gasteiger partial charge in [0.15, 0.2) is 28.7 Å². The van der Waals surface area contributed by atoms with Crippen molar-refractivity contribution in [2.45, 2.75) is 73.0 Å². The van der Waals surface area contributed by atoms with Crippen LogP contribution in [0.2, 0.25) is 0 Å². The number of carbonyl (C=O) groups is 6. The number of imidazole rings is 3. The third kappa shape index (κ3) is 36.5. The summed E-state index contributed by atoms with van der Waals surface area (Å²) >= 11 is 3.30. The van der Waals surface area contributed by atoms with E-state index in [-0.39, 0.29) is 81.9 Å². The predicted molar refractivity (Wildman–Crippen MR) is 406 cm³/mol. The Morgan fingerprint density at radius 1 is 0.644 bits per heavy atom. The van der Waals surface area contributed by atoms with E-state index in [9.17, 15) is 28.8 Å². The number of hydrogen-bond acceptors (Lipinski definition) is 26. The van der Waals surface area contributed by atoms with E-state index >= 15 is 0 Å². The molecule has 5 aromatic heterocycles. The summed E-state index contributed by atoms with van der Waals surface area (Å²) < 4.78 is 42.3. The first-order valence-corrected chi connectivity index (χ1v) is 32.5. The first kappa shape index (κ1) is 94.4. The molecule has 8 aromatic rings. The zero-order valence-electron chi connectivity index (χ0n) is 57.3. The average Bonchev–Trinajstić information content (AvgIpc) is 1.69. The van der Waals surface area contributed by atoms with Gasteiger partial charge in [-0.3, -0.25) is 33.5 Å². The molecule has 1 unspecified atom stereocenters. The fourth-order valence-corrected chi connectivity index (χ4v) is 7.59. The number of aromatic nitrogens is 10. The second-order valence-corrected chi connectivity index (χ2v) is 22.7. The molecule has 0 aliphatic carbocycles. The maximum Gasteiger partial charge on any atom is 1.00 e. The third-order valence-electron chi connectivity index (χ3n) is 12.0. The van der Waals surface area contributed by atoms with Gasteiger partial charge in [-0.2, -0.15) is 0 Å². The van der Waals surface area contributed by atoms with Crippen molar-refractivity contribution in [2.24, 2.45) is 25.7 Å². The SMILES string of the molecule is C.C.C.C1CCOC1.CCOC(=O)C=NC1=NCC=C1.CCOC(=O)C=O.CCOC(=O)c1cncn1-c1ccn(-c2ccccc2)n1.CCOC(=O)c1cncn1C1=NCC=C1.NC1=NCC=C1.O=C(O)c1cncn1-c1ccn(-c2ccccc2)n1.OB(O)c1ccccc1.[3H]OSC(C)I.[Na+].[OH-]. The molecule has 0 saturated carbocycles. The molecule has 12 rings (SSSR count). The maximum absolute atomic E-state index is 11.9. The summed E-state index contributed by atoms with van der Waals surface area (Å²) in [7, 11) is -1.34. The second kappa shape index (κ2) is 56.9.